The number of ether oxygens (including phenoxy) is 2. The quantitative estimate of drug-likeness (QED) is 0.409. The molecule has 1 aromatic heterocycles. The van der Waals surface area contributed by atoms with Gasteiger partial charge in [-0.1, -0.05) is 18.9 Å². The lowest BCUT2D eigenvalue weighted by Gasteiger charge is -2.28. The Hall–Kier alpha value is -2.51. The van der Waals surface area contributed by atoms with Gasteiger partial charge >= 0.3 is 0 Å². The first kappa shape index (κ1) is 20.2. The van der Waals surface area contributed by atoms with E-state index in [0.717, 1.165) is 43.1 Å². The van der Waals surface area contributed by atoms with Crippen LogP contribution in [0.15, 0.2) is 24.3 Å². The molecular weight excluding hydrogens is 358 g/mol. The van der Waals surface area contributed by atoms with E-state index in [2.05, 4.69) is 15.5 Å². The average molecular weight is 385 g/mol. The maximum absolute atomic E-state index is 11.1. The minimum atomic E-state index is -0.356. The normalized spacial score (nSPS) is 19.2. The lowest BCUT2D eigenvalue weighted by Crippen LogP contribution is -2.36. The topological polar surface area (TPSA) is 93.6 Å². The molecule has 3 rings (SSSR count). The van der Waals surface area contributed by atoms with E-state index in [1.807, 2.05) is 19.9 Å². The number of anilines is 1. The first-order valence-electron chi connectivity index (χ1n) is 9.71. The summed E-state index contributed by atoms with van der Waals surface area (Å²) in [6.07, 6.45) is 4.31. The molecule has 1 aliphatic rings. The highest BCUT2D eigenvalue weighted by molar-refractivity contribution is 5.80. The number of benzene rings is 1. The molecule has 0 unspecified atom stereocenters. The maximum Gasteiger partial charge on any atom is 0.189 e. The molecule has 7 nitrogen and oxygen atoms in total. The number of hydrogen-bond donors (Lipinski definition) is 2. The van der Waals surface area contributed by atoms with Crippen molar-refractivity contribution in [3.05, 3.63) is 35.4 Å². The summed E-state index contributed by atoms with van der Waals surface area (Å²) in [6.45, 7) is 4.47. The molecule has 1 heterocycles. The van der Waals surface area contributed by atoms with Gasteiger partial charge in [-0.3, -0.25) is 4.79 Å². The number of carbonyl (C=O) groups is 1. The smallest absolute Gasteiger partial charge is 0.189 e. The van der Waals surface area contributed by atoms with Crippen LogP contribution in [0.5, 0.6) is 5.75 Å². The highest BCUT2D eigenvalue weighted by atomic mass is 16.7. The fraction of sp³-hybridized carbons (Fsp3) is 0.476. The average Bonchev–Trinajstić information content (AvgIpc) is 2.70. The number of carbonyl (C=O) groups excluding carboxylic acids is 1. The van der Waals surface area contributed by atoms with Crippen LogP contribution >= 0.6 is 0 Å². The largest absolute Gasteiger partial charge is 0.467 e. The van der Waals surface area contributed by atoms with E-state index in [9.17, 15) is 9.90 Å². The van der Waals surface area contributed by atoms with Gasteiger partial charge in [0.1, 0.15) is 17.9 Å². The van der Waals surface area contributed by atoms with Crippen molar-refractivity contribution in [2.75, 3.05) is 18.7 Å². The molecule has 1 fully saturated rings. The lowest BCUT2D eigenvalue weighted by atomic mass is 9.92. The highest BCUT2D eigenvalue weighted by Gasteiger charge is 2.23. The SMILES string of the molecule is CCOCOc1cc(C=O)ccc1-c1nnc(N[C@@H]2CCCC[C@H]2O)cc1C. The molecule has 7 heteroatoms. The van der Waals surface area contributed by atoms with Gasteiger partial charge in [-0.05, 0) is 50.5 Å². The number of aliphatic hydroxyl groups excluding tert-OH is 1. The minimum Gasteiger partial charge on any atom is -0.467 e. The van der Waals surface area contributed by atoms with E-state index in [1.54, 1.807) is 18.2 Å². The monoisotopic (exact) mass is 385 g/mol. The number of aliphatic hydroxyl groups is 1. The molecule has 1 saturated carbocycles. The van der Waals surface area contributed by atoms with E-state index in [0.29, 0.717) is 29.4 Å². The number of rotatable bonds is 8. The molecule has 0 saturated heterocycles. The Morgan fingerprint density at radius 3 is 2.79 bits per heavy atom. The van der Waals surface area contributed by atoms with Gasteiger partial charge in [-0.15, -0.1) is 10.2 Å². The molecule has 150 valence electrons. The van der Waals surface area contributed by atoms with Gasteiger partial charge < -0.3 is 19.9 Å². The Balaban J connectivity index is 1.83. The first-order chi connectivity index (χ1) is 13.6. The van der Waals surface area contributed by atoms with E-state index >= 15 is 0 Å². The summed E-state index contributed by atoms with van der Waals surface area (Å²) >= 11 is 0. The molecule has 2 aromatic rings. The number of nitrogens with zero attached hydrogens (tertiary/aromatic N) is 2. The second-order valence-corrected chi connectivity index (χ2v) is 6.99. The van der Waals surface area contributed by atoms with Crippen molar-refractivity contribution in [2.45, 2.75) is 51.7 Å². The summed E-state index contributed by atoms with van der Waals surface area (Å²) in [5, 5.41) is 22.1. The molecule has 2 N–H and O–H groups in total. The van der Waals surface area contributed by atoms with Crippen LogP contribution in [0.3, 0.4) is 0 Å². The predicted molar refractivity (Wildman–Crippen MR) is 107 cm³/mol. The summed E-state index contributed by atoms with van der Waals surface area (Å²) in [5.41, 5.74) is 2.87. The van der Waals surface area contributed by atoms with E-state index < -0.39 is 0 Å². The van der Waals surface area contributed by atoms with Crippen LogP contribution in [0.2, 0.25) is 0 Å². The van der Waals surface area contributed by atoms with Crippen LogP contribution in [0.1, 0.15) is 48.5 Å². The van der Waals surface area contributed by atoms with E-state index in [4.69, 9.17) is 9.47 Å². The molecule has 1 aliphatic carbocycles. The van der Waals surface area contributed by atoms with E-state index in [1.165, 1.54) is 0 Å². The Kier molecular flexibility index (Phi) is 6.95. The third-order valence-corrected chi connectivity index (χ3v) is 4.95. The highest BCUT2D eigenvalue weighted by Crippen LogP contribution is 2.32. The molecule has 0 aliphatic heterocycles. The molecule has 0 amide bonds. The lowest BCUT2D eigenvalue weighted by molar-refractivity contribution is 0.0227. The van der Waals surface area contributed by atoms with Crippen LogP contribution in [0, 0.1) is 6.92 Å². The Labute approximate surface area is 165 Å². The second kappa shape index (κ2) is 9.61. The van der Waals surface area contributed by atoms with Crippen LogP contribution in [-0.2, 0) is 4.74 Å². The number of hydrogen-bond acceptors (Lipinski definition) is 7. The Morgan fingerprint density at radius 1 is 1.25 bits per heavy atom. The van der Waals surface area contributed by atoms with Crippen LogP contribution < -0.4 is 10.1 Å². The number of aryl methyl sites for hydroxylation is 1. The van der Waals surface area contributed by atoms with Crippen molar-refractivity contribution in [3.63, 3.8) is 0 Å². The predicted octanol–water partition coefficient (Wildman–Crippen LogP) is 3.35. The third-order valence-electron chi connectivity index (χ3n) is 4.95. The van der Waals surface area contributed by atoms with Gasteiger partial charge in [0.05, 0.1) is 17.8 Å². The van der Waals surface area contributed by atoms with Crippen molar-refractivity contribution in [3.8, 4) is 17.0 Å². The van der Waals surface area contributed by atoms with Crippen molar-refractivity contribution in [1.29, 1.82) is 0 Å². The number of aldehydes is 1. The van der Waals surface area contributed by atoms with Crippen molar-refractivity contribution in [2.24, 2.45) is 0 Å². The zero-order valence-corrected chi connectivity index (χ0v) is 16.4. The minimum absolute atomic E-state index is 0.00487. The molecular formula is C21H27N3O4. The number of aromatic nitrogens is 2. The number of nitrogens with one attached hydrogen (secondary N) is 1. The third kappa shape index (κ3) is 4.85. The van der Waals surface area contributed by atoms with Crippen LogP contribution in [0.25, 0.3) is 11.3 Å². The Bertz CT molecular complexity index is 812. The molecule has 2 atom stereocenters. The summed E-state index contributed by atoms with van der Waals surface area (Å²) in [6, 6.07) is 7.13. The Morgan fingerprint density at radius 2 is 2.07 bits per heavy atom. The van der Waals surface area contributed by atoms with Crippen molar-refractivity contribution >= 4 is 12.1 Å². The molecule has 0 radical (unpaired) electrons. The van der Waals surface area contributed by atoms with Gasteiger partial charge in [0, 0.05) is 17.7 Å². The van der Waals surface area contributed by atoms with Crippen molar-refractivity contribution in [1.82, 2.24) is 10.2 Å². The van der Waals surface area contributed by atoms with Gasteiger partial charge in [0.2, 0.25) is 0 Å². The van der Waals surface area contributed by atoms with Gasteiger partial charge in [-0.2, -0.15) is 0 Å². The fourth-order valence-electron chi connectivity index (χ4n) is 3.41. The summed E-state index contributed by atoms with van der Waals surface area (Å²) in [7, 11) is 0. The summed E-state index contributed by atoms with van der Waals surface area (Å²) in [4.78, 5) is 11.1. The van der Waals surface area contributed by atoms with Crippen molar-refractivity contribution < 1.29 is 19.4 Å². The van der Waals surface area contributed by atoms with Gasteiger partial charge in [0.25, 0.3) is 0 Å². The summed E-state index contributed by atoms with van der Waals surface area (Å²) in [5.74, 6) is 1.17. The first-order valence-corrected chi connectivity index (χ1v) is 9.71. The zero-order chi connectivity index (χ0) is 19.9. The van der Waals surface area contributed by atoms with Gasteiger partial charge in [0.15, 0.2) is 6.79 Å². The molecule has 0 bridgehead atoms. The molecule has 0 spiro atoms. The maximum atomic E-state index is 11.1. The fourth-order valence-corrected chi connectivity index (χ4v) is 3.41. The van der Waals surface area contributed by atoms with Crippen LogP contribution in [0.4, 0.5) is 5.82 Å². The molecule has 28 heavy (non-hydrogen) atoms. The second-order valence-electron chi connectivity index (χ2n) is 6.99. The zero-order valence-electron chi connectivity index (χ0n) is 16.4. The van der Waals surface area contributed by atoms with Crippen LogP contribution in [-0.4, -0.2) is 47.1 Å². The summed E-state index contributed by atoms with van der Waals surface area (Å²) < 4.78 is 11.0. The van der Waals surface area contributed by atoms with E-state index in [-0.39, 0.29) is 18.9 Å². The standard InChI is InChI=1S/C21H27N3O4/c1-3-27-13-28-19-11-15(12-25)8-9-16(19)21-14(2)10-20(23-24-21)22-17-6-4-5-7-18(17)26/h8-12,17-18,26H,3-7,13H2,1-2H3,(H,22,23)/t17-,18-/m1/s1. The van der Waals surface area contributed by atoms with Gasteiger partial charge in [-0.25, -0.2) is 0 Å². The molecule has 1 aromatic carbocycles.